The quantitative estimate of drug-likeness (QED) is 0.744. The summed E-state index contributed by atoms with van der Waals surface area (Å²) in [4.78, 5) is 13.3. The molecule has 7 nitrogen and oxygen atoms in total. The minimum atomic E-state index is -3.92. The molecule has 1 aliphatic heterocycles. The number of sulfonamides is 1. The molecule has 1 aromatic rings. The van der Waals surface area contributed by atoms with E-state index in [0.717, 1.165) is 24.5 Å². The second kappa shape index (κ2) is 7.56. The number of halogens is 2. The van der Waals surface area contributed by atoms with Crippen molar-refractivity contribution < 1.29 is 26.0 Å². The molecule has 0 spiro atoms. The van der Waals surface area contributed by atoms with E-state index in [4.69, 9.17) is 11.6 Å². The summed E-state index contributed by atoms with van der Waals surface area (Å²) in [7, 11) is -7.13. The normalized spacial score (nSPS) is 18.5. The van der Waals surface area contributed by atoms with Gasteiger partial charge in [0.1, 0.15) is 5.82 Å². The third-order valence-corrected chi connectivity index (χ3v) is 7.28. The van der Waals surface area contributed by atoms with Crippen LogP contribution in [0.2, 0.25) is 5.02 Å². The molecule has 2 rings (SSSR count). The molecule has 25 heavy (non-hydrogen) atoms. The van der Waals surface area contributed by atoms with Crippen LogP contribution in [0.1, 0.15) is 12.8 Å². The monoisotopic (exact) mass is 412 g/mol. The number of sulfone groups is 1. The molecular weight excluding hydrogens is 395 g/mol. The molecule has 1 aliphatic rings. The molecule has 1 heterocycles. The van der Waals surface area contributed by atoms with E-state index in [2.05, 4.69) is 4.72 Å². The standard InChI is InChI=1S/C14H18ClFN2O5S2/c1-24(20,21)11-5-7-18(9-11)14(19)4-6-17-25(22,23)10-2-3-13(16)12(15)8-10/h2-3,8,11,17H,4-7,9H2,1H3. The lowest BCUT2D eigenvalue weighted by atomic mass is 10.3. The van der Waals surface area contributed by atoms with Crippen LogP contribution >= 0.6 is 11.6 Å². The van der Waals surface area contributed by atoms with Crippen molar-refractivity contribution in [1.82, 2.24) is 9.62 Å². The van der Waals surface area contributed by atoms with Gasteiger partial charge in [-0.2, -0.15) is 0 Å². The van der Waals surface area contributed by atoms with Gasteiger partial charge in [0.25, 0.3) is 0 Å². The van der Waals surface area contributed by atoms with E-state index in [1.807, 2.05) is 0 Å². The highest BCUT2D eigenvalue weighted by atomic mass is 35.5. The number of carbonyl (C=O) groups excluding carboxylic acids is 1. The molecule has 0 radical (unpaired) electrons. The Morgan fingerprint density at radius 2 is 2.04 bits per heavy atom. The Balaban J connectivity index is 1.89. The number of hydrogen-bond donors (Lipinski definition) is 1. The largest absolute Gasteiger partial charge is 0.341 e. The molecule has 140 valence electrons. The van der Waals surface area contributed by atoms with Crippen LogP contribution < -0.4 is 4.72 Å². The molecule has 11 heteroatoms. The lowest BCUT2D eigenvalue weighted by molar-refractivity contribution is -0.129. The average molecular weight is 413 g/mol. The highest BCUT2D eigenvalue weighted by Gasteiger charge is 2.32. The van der Waals surface area contributed by atoms with Crippen molar-refractivity contribution in [2.24, 2.45) is 0 Å². The maximum Gasteiger partial charge on any atom is 0.240 e. The third kappa shape index (κ3) is 5.13. The van der Waals surface area contributed by atoms with E-state index in [1.54, 1.807) is 0 Å². The lowest BCUT2D eigenvalue weighted by Gasteiger charge is -2.16. The molecule has 1 saturated heterocycles. The Kier molecular flexibility index (Phi) is 6.08. The average Bonchev–Trinajstić information content (AvgIpc) is 2.99. The molecule has 1 unspecified atom stereocenters. The van der Waals surface area contributed by atoms with Gasteiger partial charge in [0.15, 0.2) is 9.84 Å². The Morgan fingerprint density at radius 3 is 2.60 bits per heavy atom. The molecule has 0 aliphatic carbocycles. The van der Waals surface area contributed by atoms with Gasteiger partial charge in [-0.1, -0.05) is 11.6 Å². The number of benzene rings is 1. The summed E-state index contributed by atoms with van der Waals surface area (Å²) in [6.45, 7) is 0.297. The van der Waals surface area contributed by atoms with Crippen molar-refractivity contribution in [3.63, 3.8) is 0 Å². The van der Waals surface area contributed by atoms with Crippen LogP contribution in [0.15, 0.2) is 23.1 Å². The first-order valence-corrected chi connectivity index (χ1v) is 11.2. The van der Waals surface area contributed by atoms with Gasteiger partial charge in [-0.3, -0.25) is 4.79 Å². The number of nitrogens with one attached hydrogen (secondary N) is 1. The minimum absolute atomic E-state index is 0.107. The van der Waals surface area contributed by atoms with Gasteiger partial charge >= 0.3 is 0 Å². The molecule has 1 atom stereocenters. The van der Waals surface area contributed by atoms with E-state index in [-0.39, 0.29) is 35.3 Å². The first-order chi connectivity index (χ1) is 11.5. The van der Waals surface area contributed by atoms with Gasteiger partial charge in [0.2, 0.25) is 15.9 Å². The van der Waals surface area contributed by atoms with E-state index >= 15 is 0 Å². The van der Waals surface area contributed by atoms with Gasteiger partial charge in [0.05, 0.1) is 15.2 Å². The Bertz CT molecular complexity index is 873. The fraction of sp³-hybridized carbons (Fsp3) is 0.500. The zero-order valence-electron chi connectivity index (χ0n) is 13.4. The fourth-order valence-electron chi connectivity index (χ4n) is 2.48. The predicted octanol–water partition coefficient (Wildman–Crippen LogP) is 0.793. The van der Waals surface area contributed by atoms with Gasteiger partial charge in [-0.15, -0.1) is 0 Å². The van der Waals surface area contributed by atoms with Crippen LogP contribution in [0.5, 0.6) is 0 Å². The predicted molar refractivity (Wildman–Crippen MR) is 91.0 cm³/mol. The van der Waals surface area contributed by atoms with Crippen LogP contribution in [0.4, 0.5) is 4.39 Å². The van der Waals surface area contributed by atoms with Crippen molar-refractivity contribution in [2.75, 3.05) is 25.9 Å². The molecule has 1 N–H and O–H groups in total. The van der Waals surface area contributed by atoms with Crippen molar-refractivity contribution >= 4 is 37.4 Å². The molecule has 0 saturated carbocycles. The number of likely N-dealkylation sites (tertiary alicyclic amines) is 1. The van der Waals surface area contributed by atoms with Crippen LogP contribution in [0.3, 0.4) is 0 Å². The fourth-order valence-corrected chi connectivity index (χ4v) is 4.77. The number of hydrogen-bond acceptors (Lipinski definition) is 5. The van der Waals surface area contributed by atoms with Crippen LogP contribution in [-0.2, 0) is 24.7 Å². The van der Waals surface area contributed by atoms with Gasteiger partial charge in [-0.25, -0.2) is 25.9 Å². The van der Waals surface area contributed by atoms with Crippen LogP contribution in [0.25, 0.3) is 0 Å². The molecule has 1 amide bonds. The highest BCUT2D eigenvalue weighted by molar-refractivity contribution is 7.91. The van der Waals surface area contributed by atoms with Crippen LogP contribution in [0, 0.1) is 5.82 Å². The highest BCUT2D eigenvalue weighted by Crippen LogP contribution is 2.19. The maximum absolute atomic E-state index is 13.1. The summed E-state index contributed by atoms with van der Waals surface area (Å²) in [5, 5.41) is -0.891. The zero-order valence-corrected chi connectivity index (χ0v) is 15.8. The van der Waals surface area contributed by atoms with Gasteiger partial charge in [0, 0.05) is 32.3 Å². The summed E-state index contributed by atoms with van der Waals surface area (Å²) in [5.74, 6) is -1.06. The Hall–Kier alpha value is -1.23. The smallest absolute Gasteiger partial charge is 0.240 e. The molecule has 0 bridgehead atoms. The number of amides is 1. The van der Waals surface area contributed by atoms with Crippen molar-refractivity contribution in [2.45, 2.75) is 23.0 Å². The number of carbonyl (C=O) groups is 1. The van der Waals surface area contributed by atoms with Crippen molar-refractivity contribution in [3.05, 3.63) is 29.0 Å². The SMILES string of the molecule is CS(=O)(=O)C1CCN(C(=O)CCNS(=O)(=O)c2ccc(F)c(Cl)c2)C1. The topological polar surface area (TPSA) is 101 Å². The molecular formula is C14H18ClFN2O5S2. The van der Waals surface area contributed by atoms with E-state index in [1.165, 1.54) is 4.90 Å². The van der Waals surface area contributed by atoms with Gasteiger partial charge < -0.3 is 4.90 Å². The first kappa shape index (κ1) is 20.1. The molecule has 0 aromatic heterocycles. The minimum Gasteiger partial charge on any atom is -0.341 e. The van der Waals surface area contributed by atoms with E-state index in [9.17, 15) is 26.0 Å². The summed E-state index contributed by atoms with van der Waals surface area (Å²) in [5.41, 5.74) is 0. The summed E-state index contributed by atoms with van der Waals surface area (Å²) in [6, 6.07) is 3.00. The summed E-state index contributed by atoms with van der Waals surface area (Å²) < 4.78 is 62.5. The second-order valence-corrected chi connectivity index (χ2v) is 10.3. The lowest BCUT2D eigenvalue weighted by Crippen LogP contribution is -2.34. The summed E-state index contributed by atoms with van der Waals surface area (Å²) >= 11 is 5.56. The molecule has 1 fully saturated rings. The number of nitrogens with zero attached hydrogens (tertiary/aromatic N) is 1. The summed E-state index contributed by atoms with van der Waals surface area (Å²) in [6.07, 6.45) is 1.41. The Labute approximate surface area is 151 Å². The second-order valence-electron chi connectivity index (χ2n) is 5.80. The zero-order chi connectivity index (χ0) is 18.8. The van der Waals surface area contributed by atoms with Gasteiger partial charge in [-0.05, 0) is 24.6 Å². The van der Waals surface area contributed by atoms with E-state index in [0.29, 0.717) is 13.0 Å². The number of rotatable bonds is 6. The molecule has 1 aromatic carbocycles. The van der Waals surface area contributed by atoms with Crippen molar-refractivity contribution in [1.29, 1.82) is 0 Å². The maximum atomic E-state index is 13.1. The third-order valence-electron chi connectivity index (χ3n) is 3.94. The van der Waals surface area contributed by atoms with Crippen LogP contribution in [-0.4, -0.2) is 58.8 Å². The van der Waals surface area contributed by atoms with E-state index < -0.39 is 30.9 Å². The first-order valence-electron chi connectivity index (χ1n) is 7.42. The van der Waals surface area contributed by atoms with Crippen molar-refractivity contribution in [3.8, 4) is 0 Å². The Morgan fingerprint density at radius 1 is 1.36 bits per heavy atom.